The molecule has 5 nitrogen and oxygen atoms in total. The van der Waals surface area contributed by atoms with Gasteiger partial charge in [0.2, 0.25) is 5.82 Å². The van der Waals surface area contributed by atoms with Crippen molar-refractivity contribution in [3.63, 3.8) is 0 Å². The molecule has 2 heterocycles. The summed E-state index contributed by atoms with van der Waals surface area (Å²) in [7, 11) is 0. The van der Waals surface area contributed by atoms with Crippen molar-refractivity contribution in [1.82, 2.24) is 15.1 Å². The Labute approximate surface area is 117 Å². The third-order valence-corrected chi connectivity index (χ3v) is 3.25. The van der Waals surface area contributed by atoms with E-state index in [1.807, 2.05) is 30.3 Å². The van der Waals surface area contributed by atoms with E-state index < -0.39 is 0 Å². The summed E-state index contributed by atoms with van der Waals surface area (Å²) < 4.78 is 6.03. The van der Waals surface area contributed by atoms with Crippen molar-refractivity contribution in [1.29, 1.82) is 0 Å². The van der Waals surface area contributed by atoms with Crippen LogP contribution in [0.5, 0.6) is 0 Å². The molecule has 1 aromatic carbocycles. The van der Waals surface area contributed by atoms with Crippen LogP contribution in [0.4, 0.5) is 5.69 Å². The smallest absolute Gasteiger partial charge is 0.258 e. The molecule has 2 N–H and O–H groups in total. The molecular weight excluding hydrogens is 308 g/mol. The summed E-state index contributed by atoms with van der Waals surface area (Å²) in [6.07, 6.45) is 1.69. The lowest BCUT2D eigenvalue weighted by Crippen LogP contribution is -1.87. The van der Waals surface area contributed by atoms with E-state index in [0.717, 1.165) is 10.0 Å². The van der Waals surface area contributed by atoms with E-state index in [4.69, 9.17) is 10.3 Å². The van der Waals surface area contributed by atoms with Gasteiger partial charge in [0.05, 0.1) is 0 Å². The van der Waals surface area contributed by atoms with Crippen molar-refractivity contribution in [2.45, 2.75) is 0 Å². The Morgan fingerprint density at radius 1 is 1.16 bits per heavy atom. The first kappa shape index (κ1) is 11.9. The number of anilines is 1. The van der Waals surface area contributed by atoms with Crippen molar-refractivity contribution in [3.05, 3.63) is 47.1 Å². The SMILES string of the molecule is Nc1ccc(-c2nc(-c3ccccn3)no2)cc1Br. The highest BCUT2D eigenvalue weighted by Crippen LogP contribution is 2.27. The van der Waals surface area contributed by atoms with Crippen molar-refractivity contribution in [3.8, 4) is 23.0 Å². The van der Waals surface area contributed by atoms with E-state index in [1.165, 1.54) is 0 Å². The number of pyridine rings is 1. The second-order valence-electron chi connectivity index (χ2n) is 3.87. The zero-order valence-electron chi connectivity index (χ0n) is 9.75. The van der Waals surface area contributed by atoms with Gasteiger partial charge in [-0.15, -0.1) is 0 Å². The quantitative estimate of drug-likeness (QED) is 0.735. The Hall–Kier alpha value is -2.21. The number of halogens is 1. The highest BCUT2D eigenvalue weighted by atomic mass is 79.9. The molecule has 0 unspecified atom stereocenters. The molecule has 0 amide bonds. The fraction of sp³-hybridized carbons (Fsp3) is 0. The first-order valence-electron chi connectivity index (χ1n) is 5.54. The third-order valence-electron chi connectivity index (χ3n) is 2.57. The second kappa shape index (κ2) is 4.81. The minimum atomic E-state index is 0.432. The molecular formula is C13H9BrN4O. The first-order chi connectivity index (χ1) is 9.24. The highest BCUT2D eigenvalue weighted by Gasteiger charge is 2.11. The van der Waals surface area contributed by atoms with Crippen molar-refractivity contribution in [2.75, 3.05) is 5.73 Å². The lowest BCUT2D eigenvalue weighted by molar-refractivity contribution is 0.432. The van der Waals surface area contributed by atoms with Gasteiger partial charge in [0, 0.05) is 21.9 Å². The molecule has 2 aromatic heterocycles. The van der Waals surface area contributed by atoms with Crippen LogP contribution in [-0.4, -0.2) is 15.1 Å². The topological polar surface area (TPSA) is 77.8 Å². The van der Waals surface area contributed by atoms with Crippen LogP contribution in [0.1, 0.15) is 0 Å². The van der Waals surface area contributed by atoms with Crippen molar-refractivity contribution >= 4 is 21.6 Å². The molecule has 3 rings (SSSR count). The van der Waals surface area contributed by atoms with Crippen LogP contribution in [-0.2, 0) is 0 Å². The Morgan fingerprint density at radius 3 is 2.79 bits per heavy atom. The lowest BCUT2D eigenvalue weighted by Gasteiger charge is -1.99. The van der Waals surface area contributed by atoms with Gasteiger partial charge in [-0.2, -0.15) is 4.98 Å². The molecule has 0 bridgehead atoms. The van der Waals surface area contributed by atoms with Crippen molar-refractivity contribution in [2.24, 2.45) is 0 Å². The number of hydrogen-bond donors (Lipinski definition) is 1. The molecule has 0 spiro atoms. The normalized spacial score (nSPS) is 10.6. The average Bonchev–Trinajstić information content (AvgIpc) is 2.93. The minimum absolute atomic E-state index is 0.432. The minimum Gasteiger partial charge on any atom is -0.398 e. The lowest BCUT2D eigenvalue weighted by atomic mass is 10.2. The summed E-state index contributed by atoms with van der Waals surface area (Å²) in [5.41, 5.74) is 7.87. The molecule has 6 heteroatoms. The van der Waals surface area contributed by atoms with E-state index in [1.54, 1.807) is 12.3 Å². The number of hydrogen-bond acceptors (Lipinski definition) is 5. The number of nitrogens with two attached hydrogens (primary N) is 1. The van der Waals surface area contributed by atoms with Crippen LogP contribution in [0.15, 0.2) is 51.6 Å². The number of aromatic nitrogens is 3. The van der Waals surface area contributed by atoms with Crippen LogP contribution >= 0.6 is 15.9 Å². The van der Waals surface area contributed by atoms with Gasteiger partial charge >= 0.3 is 0 Å². The third kappa shape index (κ3) is 2.34. The monoisotopic (exact) mass is 316 g/mol. The van der Waals surface area contributed by atoms with Gasteiger partial charge in [-0.25, -0.2) is 0 Å². The average molecular weight is 317 g/mol. The molecule has 0 fully saturated rings. The molecule has 0 saturated carbocycles. The maximum atomic E-state index is 5.74. The summed E-state index contributed by atoms with van der Waals surface area (Å²) in [6.45, 7) is 0. The number of benzene rings is 1. The molecule has 0 aliphatic heterocycles. The van der Waals surface area contributed by atoms with Gasteiger partial charge in [-0.1, -0.05) is 11.2 Å². The molecule has 3 aromatic rings. The van der Waals surface area contributed by atoms with Crippen LogP contribution in [0.25, 0.3) is 23.0 Å². The van der Waals surface area contributed by atoms with E-state index in [0.29, 0.717) is 23.1 Å². The van der Waals surface area contributed by atoms with E-state index in [2.05, 4.69) is 31.1 Å². The number of nitrogens with zero attached hydrogens (tertiary/aromatic N) is 3. The molecule has 0 atom stereocenters. The van der Waals surface area contributed by atoms with Crippen LogP contribution in [0.2, 0.25) is 0 Å². The Morgan fingerprint density at radius 2 is 2.05 bits per heavy atom. The van der Waals surface area contributed by atoms with Crippen molar-refractivity contribution < 1.29 is 4.52 Å². The van der Waals surface area contributed by atoms with Gasteiger partial charge in [0.15, 0.2) is 0 Å². The van der Waals surface area contributed by atoms with Gasteiger partial charge < -0.3 is 10.3 Å². The maximum Gasteiger partial charge on any atom is 0.258 e. The fourth-order valence-electron chi connectivity index (χ4n) is 1.60. The summed E-state index contributed by atoms with van der Waals surface area (Å²) in [5, 5.41) is 3.92. The largest absolute Gasteiger partial charge is 0.398 e. The zero-order chi connectivity index (χ0) is 13.2. The van der Waals surface area contributed by atoms with Gasteiger partial charge in [0.25, 0.3) is 5.89 Å². The molecule has 0 aliphatic rings. The Kier molecular flexibility index (Phi) is 3.00. The Balaban J connectivity index is 1.99. The Bertz CT molecular complexity index is 712. The number of rotatable bonds is 2. The fourth-order valence-corrected chi connectivity index (χ4v) is 1.98. The standard InChI is InChI=1S/C13H9BrN4O/c14-9-7-8(4-5-10(9)15)13-17-12(18-19-13)11-3-1-2-6-16-11/h1-7H,15H2. The van der Waals surface area contributed by atoms with Gasteiger partial charge in [-0.05, 0) is 46.3 Å². The van der Waals surface area contributed by atoms with Gasteiger partial charge in [-0.3, -0.25) is 4.98 Å². The zero-order valence-corrected chi connectivity index (χ0v) is 11.3. The second-order valence-corrected chi connectivity index (χ2v) is 4.73. The predicted molar refractivity (Wildman–Crippen MR) is 75.1 cm³/mol. The van der Waals surface area contributed by atoms with Crippen LogP contribution < -0.4 is 5.73 Å². The summed E-state index contributed by atoms with van der Waals surface area (Å²) in [4.78, 5) is 8.49. The van der Waals surface area contributed by atoms with E-state index in [9.17, 15) is 0 Å². The molecule has 0 aliphatic carbocycles. The maximum absolute atomic E-state index is 5.74. The summed E-state index contributed by atoms with van der Waals surface area (Å²) in [6, 6.07) is 11.0. The highest BCUT2D eigenvalue weighted by molar-refractivity contribution is 9.10. The van der Waals surface area contributed by atoms with E-state index in [-0.39, 0.29) is 0 Å². The van der Waals surface area contributed by atoms with Crippen LogP contribution in [0.3, 0.4) is 0 Å². The molecule has 0 saturated heterocycles. The molecule has 19 heavy (non-hydrogen) atoms. The van der Waals surface area contributed by atoms with E-state index >= 15 is 0 Å². The van der Waals surface area contributed by atoms with Crippen LogP contribution in [0, 0.1) is 0 Å². The first-order valence-corrected chi connectivity index (χ1v) is 6.34. The molecule has 94 valence electrons. The van der Waals surface area contributed by atoms with Gasteiger partial charge in [0.1, 0.15) is 5.69 Å². The summed E-state index contributed by atoms with van der Waals surface area (Å²) >= 11 is 3.37. The number of nitrogen functional groups attached to an aromatic ring is 1. The predicted octanol–water partition coefficient (Wildman–Crippen LogP) is 3.14. The molecule has 0 radical (unpaired) electrons. The summed E-state index contributed by atoms with van der Waals surface area (Å²) in [5.74, 6) is 0.893.